The van der Waals surface area contributed by atoms with Crippen molar-refractivity contribution in [3.05, 3.63) is 11.9 Å². The van der Waals surface area contributed by atoms with E-state index >= 15 is 0 Å². The fourth-order valence-electron chi connectivity index (χ4n) is 2.45. The van der Waals surface area contributed by atoms with E-state index in [0.717, 1.165) is 11.6 Å². The second-order valence-electron chi connectivity index (χ2n) is 6.27. The van der Waals surface area contributed by atoms with Gasteiger partial charge in [0.1, 0.15) is 17.5 Å². The Morgan fingerprint density at radius 2 is 1.83 bits per heavy atom. The molecular formula is C14H24N4. The topological polar surface area (TPSA) is 55.0 Å². The van der Waals surface area contributed by atoms with Gasteiger partial charge in [-0.05, 0) is 12.8 Å². The molecule has 4 nitrogen and oxygen atoms in total. The molecule has 0 radical (unpaired) electrons. The first-order valence-electron chi connectivity index (χ1n) is 6.76. The number of rotatable bonds is 2. The van der Waals surface area contributed by atoms with Crippen molar-refractivity contribution in [1.82, 2.24) is 9.97 Å². The molecule has 100 valence electrons. The van der Waals surface area contributed by atoms with E-state index < -0.39 is 0 Å². The number of nitrogens with zero attached hydrogens (tertiary/aromatic N) is 3. The standard InChI is InChI=1S/C14H24N4/c1-14(2,3)13-16-11(15)9-12(17-13)18(4)10-7-5-6-8-10/h9-10H,5-8H2,1-4H3,(H2,15,16,17). The van der Waals surface area contributed by atoms with E-state index in [1.807, 2.05) is 6.07 Å². The van der Waals surface area contributed by atoms with Gasteiger partial charge in [-0.3, -0.25) is 0 Å². The van der Waals surface area contributed by atoms with Crippen LogP contribution in [0.15, 0.2) is 6.07 Å². The van der Waals surface area contributed by atoms with Gasteiger partial charge in [-0.25, -0.2) is 9.97 Å². The van der Waals surface area contributed by atoms with Crippen LogP contribution in [0.4, 0.5) is 11.6 Å². The number of hydrogen-bond donors (Lipinski definition) is 1. The minimum absolute atomic E-state index is 0.0688. The first-order valence-corrected chi connectivity index (χ1v) is 6.76. The average Bonchev–Trinajstić information content (AvgIpc) is 2.79. The lowest BCUT2D eigenvalue weighted by Gasteiger charge is -2.27. The Balaban J connectivity index is 2.29. The maximum absolute atomic E-state index is 5.91. The van der Waals surface area contributed by atoms with E-state index in [1.54, 1.807) is 0 Å². The van der Waals surface area contributed by atoms with Crippen molar-refractivity contribution in [3.63, 3.8) is 0 Å². The second-order valence-corrected chi connectivity index (χ2v) is 6.27. The van der Waals surface area contributed by atoms with Crippen molar-refractivity contribution in [2.75, 3.05) is 17.7 Å². The smallest absolute Gasteiger partial charge is 0.138 e. The van der Waals surface area contributed by atoms with E-state index in [9.17, 15) is 0 Å². The third-order valence-corrected chi connectivity index (χ3v) is 3.64. The van der Waals surface area contributed by atoms with E-state index in [2.05, 4.69) is 42.7 Å². The summed E-state index contributed by atoms with van der Waals surface area (Å²) in [4.78, 5) is 11.3. The van der Waals surface area contributed by atoms with Gasteiger partial charge < -0.3 is 10.6 Å². The number of hydrogen-bond acceptors (Lipinski definition) is 4. The van der Waals surface area contributed by atoms with Crippen molar-refractivity contribution >= 4 is 11.6 Å². The zero-order chi connectivity index (χ0) is 13.3. The molecule has 0 unspecified atom stereocenters. The molecule has 1 aliphatic carbocycles. The maximum Gasteiger partial charge on any atom is 0.138 e. The predicted octanol–water partition coefficient (Wildman–Crippen LogP) is 2.74. The zero-order valence-electron chi connectivity index (χ0n) is 11.9. The van der Waals surface area contributed by atoms with Gasteiger partial charge in [0.2, 0.25) is 0 Å². The summed E-state index contributed by atoms with van der Waals surface area (Å²) in [6.07, 6.45) is 5.15. The zero-order valence-corrected chi connectivity index (χ0v) is 11.9. The number of nitrogens with two attached hydrogens (primary N) is 1. The Hall–Kier alpha value is -1.32. The molecule has 0 amide bonds. The Bertz CT molecular complexity index is 416. The minimum atomic E-state index is -0.0688. The summed E-state index contributed by atoms with van der Waals surface area (Å²) in [7, 11) is 2.12. The molecule has 0 atom stereocenters. The summed E-state index contributed by atoms with van der Waals surface area (Å²) in [5.41, 5.74) is 5.85. The molecule has 1 heterocycles. The number of anilines is 2. The summed E-state index contributed by atoms with van der Waals surface area (Å²) < 4.78 is 0. The van der Waals surface area contributed by atoms with Crippen molar-refractivity contribution in [2.45, 2.75) is 57.9 Å². The molecule has 4 heteroatoms. The molecule has 0 aromatic carbocycles. The molecule has 2 rings (SSSR count). The highest BCUT2D eigenvalue weighted by atomic mass is 15.2. The molecule has 2 N–H and O–H groups in total. The average molecular weight is 248 g/mol. The van der Waals surface area contributed by atoms with Crippen LogP contribution in [0.5, 0.6) is 0 Å². The predicted molar refractivity (Wildman–Crippen MR) is 75.8 cm³/mol. The molecule has 18 heavy (non-hydrogen) atoms. The van der Waals surface area contributed by atoms with Crippen LogP contribution in [-0.4, -0.2) is 23.1 Å². The Kier molecular flexibility index (Phi) is 3.46. The molecule has 1 saturated carbocycles. The number of nitrogen functional groups attached to an aromatic ring is 1. The van der Waals surface area contributed by atoms with Gasteiger partial charge in [0.05, 0.1) is 0 Å². The third-order valence-electron chi connectivity index (χ3n) is 3.64. The highest BCUT2D eigenvalue weighted by Crippen LogP contribution is 2.28. The van der Waals surface area contributed by atoms with Crippen LogP contribution in [0.3, 0.4) is 0 Å². The van der Waals surface area contributed by atoms with Gasteiger partial charge in [0.15, 0.2) is 0 Å². The summed E-state index contributed by atoms with van der Waals surface area (Å²) in [5, 5.41) is 0. The molecular weight excluding hydrogens is 224 g/mol. The lowest BCUT2D eigenvalue weighted by molar-refractivity contribution is 0.542. The van der Waals surface area contributed by atoms with Crippen molar-refractivity contribution in [1.29, 1.82) is 0 Å². The highest BCUT2D eigenvalue weighted by Gasteiger charge is 2.24. The van der Waals surface area contributed by atoms with Crippen molar-refractivity contribution in [2.24, 2.45) is 0 Å². The van der Waals surface area contributed by atoms with Crippen molar-refractivity contribution < 1.29 is 0 Å². The first kappa shape index (κ1) is 13.1. The molecule has 0 saturated heterocycles. The fourth-order valence-corrected chi connectivity index (χ4v) is 2.45. The van der Waals surface area contributed by atoms with Gasteiger partial charge >= 0.3 is 0 Å². The minimum Gasteiger partial charge on any atom is -0.384 e. The quantitative estimate of drug-likeness (QED) is 0.874. The summed E-state index contributed by atoms with van der Waals surface area (Å²) in [5.74, 6) is 2.34. The summed E-state index contributed by atoms with van der Waals surface area (Å²) in [6, 6.07) is 2.49. The normalized spacial score (nSPS) is 17.1. The molecule has 1 fully saturated rings. The monoisotopic (exact) mass is 248 g/mol. The van der Waals surface area contributed by atoms with E-state index in [0.29, 0.717) is 11.9 Å². The van der Waals surface area contributed by atoms with Crippen LogP contribution < -0.4 is 10.6 Å². The SMILES string of the molecule is CN(c1cc(N)nc(C(C)(C)C)n1)C1CCCC1. The van der Waals surface area contributed by atoms with Crippen LogP contribution >= 0.6 is 0 Å². The van der Waals surface area contributed by atoms with Gasteiger partial charge in [-0.1, -0.05) is 33.6 Å². The lowest BCUT2D eigenvalue weighted by Crippen LogP contribution is -2.31. The fraction of sp³-hybridized carbons (Fsp3) is 0.714. The second kappa shape index (κ2) is 4.75. The van der Waals surface area contributed by atoms with Crippen LogP contribution in [-0.2, 0) is 5.41 Å². The molecule has 1 aromatic rings. The van der Waals surface area contributed by atoms with Crippen molar-refractivity contribution in [3.8, 4) is 0 Å². The molecule has 1 aliphatic rings. The number of aromatic nitrogens is 2. The van der Waals surface area contributed by atoms with E-state index in [4.69, 9.17) is 5.73 Å². The molecule has 0 bridgehead atoms. The van der Waals surface area contributed by atoms with Crippen LogP contribution in [0.1, 0.15) is 52.3 Å². The Morgan fingerprint density at radius 1 is 1.22 bits per heavy atom. The summed E-state index contributed by atoms with van der Waals surface area (Å²) in [6.45, 7) is 6.34. The lowest BCUT2D eigenvalue weighted by atomic mass is 9.96. The molecule has 0 spiro atoms. The van der Waals surface area contributed by atoms with Gasteiger partial charge in [0, 0.05) is 24.6 Å². The molecule has 1 aromatic heterocycles. The van der Waals surface area contributed by atoms with Gasteiger partial charge in [-0.15, -0.1) is 0 Å². The first-order chi connectivity index (χ1) is 8.38. The van der Waals surface area contributed by atoms with E-state index in [-0.39, 0.29) is 5.41 Å². The third kappa shape index (κ3) is 2.74. The van der Waals surface area contributed by atoms with Crippen LogP contribution in [0.2, 0.25) is 0 Å². The Morgan fingerprint density at radius 3 is 2.39 bits per heavy atom. The van der Waals surface area contributed by atoms with Gasteiger partial charge in [0.25, 0.3) is 0 Å². The maximum atomic E-state index is 5.91. The van der Waals surface area contributed by atoms with E-state index in [1.165, 1.54) is 25.7 Å². The summed E-state index contributed by atoms with van der Waals surface area (Å²) >= 11 is 0. The van der Waals surface area contributed by atoms with Crippen LogP contribution in [0.25, 0.3) is 0 Å². The largest absolute Gasteiger partial charge is 0.384 e. The van der Waals surface area contributed by atoms with Gasteiger partial charge in [-0.2, -0.15) is 0 Å². The Labute approximate surface area is 110 Å². The molecule has 0 aliphatic heterocycles. The highest BCUT2D eigenvalue weighted by molar-refractivity contribution is 5.48. The van der Waals surface area contributed by atoms with Crippen LogP contribution in [0, 0.1) is 0 Å².